The fraction of sp³-hybridized carbons (Fsp3) is 0.720. The molecular formula is C25H39N3O2. The number of ether oxygens (including phenoxy) is 1. The number of nitrogens with zero attached hydrogens (tertiary/aromatic N) is 2. The lowest BCUT2D eigenvalue weighted by Gasteiger charge is -2.42. The number of hydrogen-bond acceptors (Lipinski definition) is 4. The van der Waals surface area contributed by atoms with Crippen LogP contribution in [0.25, 0.3) is 0 Å². The molecule has 1 amide bonds. The number of benzene rings is 1. The zero-order chi connectivity index (χ0) is 21.0. The van der Waals surface area contributed by atoms with E-state index in [2.05, 4.69) is 39.4 Å². The SMILES string of the molecule is CN(C)CCNC(=O)C[C@H]1CC2(CCN(CC3CCOCC3)CC2)c2ccccc21. The summed E-state index contributed by atoms with van der Waals surface area (Å²) in [6, 6.07) is 8.95. The number of carbonyl (C=O) groups is 1. The molecule has 5 heteroatoms. The molecule has 166 valence electrons. The van der Waals surface area contributed by atoms with Crippen molar-refractivity contribution in [3.63, 3.8) is 0 Å². The molecule has 2 fully saturated rings. The molecule has 1 aromatic rings. The standard InChI is InChI=1S/C25H39N3O2/c1-27(2)14-11-26-24(29)17-21-18-25(23-6-4-3-5-22(21)23)9-12-28(13-10-25)19-20-7-15-30-16-8-20/h3-6,20-21H,7-19H2,1-2H3,(H,26,29)/t21-/m0/s1. The van der Waals surface area contributed by atoms with Crippen molar-refractivity contribution in [3.05, 3.63) is 35.4 Å². The van der Waals surface area contributed by atoms with Crippen molar-refractivity contribution in [2.45, 2.75) is 49.9 Å². The molecule has 5 nitrogen and oxygen atoms in total. The van der Waals surface area contributed by atoms with Gasteiger partial charge in [-0.1, -0.05) is 24.3 Å². The summed E-state index contributed by atoms with van der Waals surface area (Å²) in [6.45, 7) is 7.11. The second-order valence-corrected chi connectivity index (χ2v) is 9.98. The van der Waals surface area contributed by atoms with Crippen LogP contribution in [-0.4, -0.2) is 75.7 Å². The maximum atomic E-state index is 12.6. The van der Waals surface area contributed by atoms with Gasteiger partial charge in [-0.15, -0.1) is 0 Å². The van der Waals surface area contributed by atoms with Crippen LogP contribution in [-0.2, 0) is 14.9 Å². The first-order chi connectivity index (χ1) is 14.6. The summed E-state index contributed by atoms with van der Waals surface area (Å²) in [7, 11) is 4.08. The zero-order valence-electron chi connectivity index (χ0n) is 18.9. The van der Waals surface area contributed by atoms with Gasteiger partial charge in [0.05, 0.1) is 0 Å². The number of nitrogens with one attached hydrogen (secondary N) is 1. The Morgan fingerprint density at radius 1 is 1.20 bits per heavy atom. The number of likely N-dealkylation sites (N-methyl/N-ethyl adjacent to an activating group) is 1. The highest BCUT2D eigenvalue weighted by Gasteiger charge is 2.45. The highest BCUT2D eigenvalue weighted by atomic mass is 16.5. The van der Waals surface area contributed by atoms with E-state index in [1.54, 1.807) is 0 Å². The van der Waals surface area contributed by atoms with E-state index < -0.39 is 0 Å². The minimum Gasteiger partial charge on any atom is -0.381 e. The molecule has 1 atom stereocenters. The number of hydrogen-bond donors (Lipinski definition) is 1. The van der Waals surface area contributed by atoms with E-state index in [1.165, 1.54) is 56.4 Å². The number of piperidine rings is 1. The van der Waals surface area contributed by atoms with Gasteiger partial charge in [-0.25, -0.2) is 0 Å². The summed E-state index contributed by atoms with van der Waals surface area (Å²) in [4.78, 5) is 17.4. The van der Waals surface area contributed by atoms with Crippen molar-refractivity contribution >= 4 is 5.91 Å². The molecule has 1 spiro atoms. The Kier molecular flexibility index (Phi) is 7.12. The van der Waals surface area contributed by atoms with Gasteiger partial charge >= 0.3 is 0 Å². The van der Waals surface area contributed by atoms with Gasteiger partial charge in [-0.2, -0.15) is 0 Å². The Morgan fingerprint density at radius 3 is 2.67 bits per heavy atom. The predicted octanol–water partition coefficient (Wildman–Crippen LogP) is 3.00. The molecule has 0 bridgehead atoms. The van der Waals surface area contributed by atoms with Crippen molar-refractivity contribution in [3.8, 4) is 0 Å². The lowest BCUT2D eigenvalue weighted by atomic mass is 9.73. The smallest absolute Gasteiger partial charge is 0.220 e. The second kappa shape index (κ2) is 9.80. The molecule has 4 rings (SSSR count). The van der Waals surface area contributed by atoms with Crippen LogP contribution in [0.2, 0.25) is 0 Å². The second-order valence-electron chi connectivity index (χ2n) is 9.98. The van der Waals surface area contributed by atoms with E-state index in [9.17, 15) is 4.79 Å². The highest BCUT2D eigenvalue weighted by molar-refractivity contribution is 5.77. The van der Waals surface area contributed by atoms with E-state index in [0.717, 1.165) is 38.6 Å². The Bertz CT molecular complexity index is 706. The molecule has 2 aliphatic heterocycles. The van der Waals surface area contributed by atoms with Gasteiger partial charge in [0.15, 0.2) is 0 Å². The first-order valence-corrected chi connectivity index (χ1v) is 11.9. The maximum Gasteiger partial charge on any atom is 0.220 e. The van der Waals surface area contributed by atoms with Gasteiger partial charge in [0.1, 0.15) is 0 Å². The maximum absolute atomic E-state index is 12.6. The average molecular weight is 414 g/mol. The van der Waals surface area contributed by atoms with Crippen LogP contribution in [0.4, 0.5) is 0 Å². The molecule has 0 unspecified atom stereocenters. The quantitative estimate of drug-likeness (QED) is 0.746. The van der Waals surface area contributed by atoms with E-state index in [0.29, 0.717) is 12.3 Å². The molecule has 1 aliphatic carbocycles. The number of fused-ring (bicyclic) bond motifs is 2. The molecule has 3 aliphatic rings. The first-order valence-electron chi connectivity index (χ1n) is 11.9. The Balaban J connectivity index is 1.36. The van der Waals surface area contributed by atoms with E-state index in [1.807, 2.05) is 14.1 Å². The van der Waals surface area contributed by atoms with Crippen LogP contribution in [0.15, 0.2) is 24.3 Å². The van der Waals surface area contributed by atoms with E-state index in [-0.39, 0.29) is 11.3 Å². The van der Waals surface area contributed by atoms with Gasteiger partial charge in [-0.05, 0) is 87.7 Å². The average Bonchev–Trinajstić information content (AvgIpc) is 3.04. The van der Waals surface area contributed by atoms with Crippen LogP contribution >= 0.6 is 0 Å². The molecule has 0 radical (unpaired) electrons. The van der Waals surface area contributed by atoms with E-state index in [4.69, 9.17) is 4.74 Å². The highest BCUT2D eigenvalue weighted by Crippen LogP contribution is 2.52. The molecule has 2 heterocycles. The molecule has 30 heavy (non-hydrogen) atoms. The van der Waals surface area contributed by atoms with Crippen LogP contribution in [0.1, 0.15) is 55.6 Å². The number of rotatable bonds is 7. The van der Waals surface area contributed by atoms with E-state index >= 15 is 0 Å². The van der Waals surface area contributed by atoms with Gasteiger partial charge in [0.25, 0.3) is 0 Å². The number of carbonyl (C=O) groups excluding carboxylic acids is 1. The summed E-state index contributed by atoms with van der Waals surface area (Å²) in [5.74, 6) is 1.37. The van der Waals surface area contributed by atoms with Crippen molar-refractivity contribution in [2.75, 3.05) is 60.0 Å². The summed E-state index contributed by atoms with van der Waals surface area (Å²) in [5.41, 5.74) is 3.23. The van der Waals surface area contributed by atoms with Gasteiger partial charge in [-0.3, -0.25) is 4.79 Å². The molecule has 1 N–H and O–H groups in total. The fourth-order valence-corrected chi connectivity index (χ4v) is 5.86. The molecular weight excluding hydrogens is 374 g/mol. The fourth-order valence-electron chi connectivity index (χ4n) is 5.86. The topological polar surface area (TPSA) is 44.8 Å². The van der Waals surface area contributed by atoms with Gasteiger partial charge in [0, 0.05) is 39.3 Å². The van der Waals surface area contributed by atoms with Gasteiger partial charge in [0.2, 0.25) is 5.91 Å². The first kappa shape index (κ1) is 21.8. The summed E-state index contributed by atoms with van der Waals surface area (Å²) < 4.78 is 5.53. The molecule has 2 saturated heterocycles. The summed E-state index contributed by atoms with van der Waals surface area (Å²) >= 11 is 0. The van der Waals surface area contributed by atoms with Crippen LogP contribution in [0.5, 0.6) is 0 Å². The molecule has 1 aromatic carbocycles. The largest absolute Gasteiger partial charge is 0.381 e. The van der Waals surface area contributed by atoms with Crippen LogP contribution in [0.3, 0.4) is 0 Å². The summed E-state index contributed by atoms with van der Waals surface area (Å²) in [6.07, 6.45) is 6.65. The normalized spacial score (nSPS) is 24.3. The third-order valence-corrected chi connectivity index (χ3v) is 7.59. The van der Waals surface area contributed by atoms with Crippen LogP contribution in [0, 0.1) is 5.92 Å². The Hall–Kier alpha value is -1.43. The minimum absolute atomic E-state index is 0.200. The lowest BCUT2D eigenvalue weighted by molar-refractivity contribution is -0.121. The Morgan fingerprint density at radius 2 is 1.93 bits per heavy atom. The Labute approximate surface area is 182 Å². The lowest BCUT2D eigenvalue weighted by Crippen LogP contribution is -2.44. The monoisotopic (exact) mass is 413 g/mol. The van der Waals surface area contributed by atoms with Crippen LogP contribution < -0.4 is 5.32 Å². The predicted molar refractivity (Wildman–Crippen MR) is 121 cm³/mol. The van der Waals surface area contributed by atoms with Crippen molar-refractivity contribution in [1.82, 2.24) is 15.1 Å². The van der Waals surface area contributed by atoms with Crippen molar-refractivity contribution in [1.29, 1.82) is 0 Å². The van der Waals surface area contributed by atoms with Crippen molar-refractivity contribution < 1.29 is 9.53 Å². The minimum atomic E-state index is 0.200. The third-order valence-electron chi connectivity index (χ3n) is 7.59. The molecule has 0 saturated carbocycles. The third kappa shape index (κ3) is 5.06. The van der Waals surface area contributed by atoms with Crippen molar-refractivity contribution in [2.24, 2.45) is 5.92 Å². The molecule has 0 aromatic heterocycles. The van der Waals surface area contributed by atoms with Gasteiger partial charge < -0.3 is 19.9 Å². The number of amides is 1. The summed E-state index contributed by atoms with van der Waals surface area (Å²) in [5, 5.41) is 3.12. The number of likely N-dealkylation sites (tertiary alicyclic amines) is 1. The zero-order valence-corrected chi connectivity index (χ0v) is 18.9.